The van der Waals surface area contributed by atoms with Gasteiger partial charge >= 0.3 is 12.1 Å². The van der Waals surface area contributed by atoms with Crippen LogP contribution in [-0.4, -0.2) is 41.6 Å². The van der Waals surface area contributed by atoms with E-state index >= 15 is 0 Å². The first-order valence-electron chi connectivity index (χ1n) is 6.24. The molecule has 6 heteroatoms. The van der Waals surface area contributed by atoms with Gasteiger partial charge in [0.1, 0.15) is 11.6 Å². The molecule has 1 aliphatic heterocycles. The molecule has 102 valence electrons. The molecule has 0 aromatic heterocycles. The third-order valence-electron chi connectivity index (χ3n) is 2.41. The summed E-state index contributed by atoms with van der Waals surface area (Å²) in [5, 5.41) is 0. The highest BCUT2D eigenvalue weighted by atomic mass is 16.6. The van der Waals surface area contributed by atoms with Crippen LogP contribution in [0.25, 0.3) is 0 Å². The van der Waals surface area contributed by atoms with Gasteiger partial charge in [-0.05, 0) is 27.2 Å². The smallest absolute Gasteiger partial charge is 0.417 e. The van der Waals surface area contributed by atoms with Crippen molar-refractivity contribution in [3.05, 3.63) is 0 Å². The Morgan fingerprint density at radius 3 is 2.44 bits per heavy atom. The fourth-order valence-corrected chi connectivity index (χ4v) is 1.62. The van der Waals surface area contributed by atoms with Crippen LogP contribution in [0.3, 0.4) is 0 Å². The van der Waals surface area contributed by atoms with Gasteiger partial charge in [0.15, 0.2) is 0 Å². The Kier molecular flexibility index (Phi) is 3.54. The second-order valence-electron chi connectivity index (χ2n) is 5.14. The fraction of sp³-hybridized carbons (Fsp3) is 0.750. The molecule has 1 unspecified atom stereocenters. The van der Waals surface area contributed by atoms with Crippen LogP contribution < -0.4 is 0 Å². The molecule has 0 aromatic rings. The average Bonchev–Trinajstić information content (AvgIpc) is 2.50. The highest BCUT2D eigenvalue weighted by Gasteiger charge is 2.46. The Bertz CT molecular complexity index is 403. The topological polar surface area (TPSA) is 72.9 Å². The zero-order valence-electron chi connectivity index (χ0n) is 12.2. The lowest BCUT2D eigenvalue weighted by Crippen LogP contribution is -2.46. The Balaban J connectivity index is 3.04. The van der Waals surface area contributed by atoms with Gasteiger partial charge in [-0.15, -0.1) is 0 Å². The van der Waals surface area contributed by atoms with Gasteiger partial charge in [0.2, 0.25) is 5.91 Å². The van der Waals surface area contributed by atoms with Crippen LogP contribution in [0, 0.1) is 5.92 Å². The number of carbonyl (C=O) groups excluding carboxylic acids is 3. The first-order valence-corrected chi connectivity index (χ1v) is 5.66. The van der Waals surface area contributed by atoms with E-state index in [2.05, 4.69) is 4.74 Å². The Morgan fingerprint density at radius 2 is 2.00 bits per heavy atom. The van der Waals surface area contributed by atoms with E-state index in [1.165, 1.54) is 6.92 Å². The average molecular weight is 258 g/mol. The van der Waals surface area contributed by atoms with Crippen LogP contribution in [-0.2, 0) is 19.1 Å². The predicted molar refractivity (Wildman–Crippen MR) is 62.7 cm³/mol. The van der Waals surface area contributed by atoms with Crippen molar-refractivity contribution in [3.63, 3.8) is 0 Å². The summed E-state index contributed by atoms with van der Waals surface area (Å²) in [7, 11) is 1.15. The van der Waals surface area contributed by atoms with Crippen molar-refractivity contribution in [1.82, 2.24) is 4.90 Å². The SMILES string of the molecule is [2H][C@@H]1C(C)C(=O)N(C(=O)OC(C)(C)C)[C@@H]1C(=O)OC. The zero-order chi connectivity index (χ0) is 15.0. The maximum absolute atomic E-state index is 12.0. The van der Waals surface area contributed by atoms with E-state index in [0.29, 0.717) is 4.90 Å². The number of carbonyl (C=O) groups is 3. The third-order valence-corrected chi connectivity index (χ3v) is 2.41. The van der Waals surface area contributed by atoms with E-state index in [9.17, 15) is 14.4 Å². The summed E-state index contributed by atoms with van der Waals surface area (Å²) in [5.41, 5.74) is -0.790. The molecule has 0 N–H and O–H groups in total. The molecule has 6 nitrogen and oxygen atoms in total. The van der Waals surface area contributed by atoms with Crippen LogP contribution in [0.2, 0.25) is 0 Å². The molecule has 3 atom stereocenters. The minimum absolute atomic E-state index is 0.593. The van der Waals surface area contributed by atoms with Crippen LogP contribution in [0.5, 0.6) is 0 Å². The van der Waals surface area contributed by atoms with Crippen molar-refractivity contribution in [1.29, 1.82) is 0 Å². The van der Waals surface area contributed by atoms with Crippen molar-refractivity contribution in [2.45, 2.75) is 45.7 Å². The highest BCUT2D eigenvalue weighted by Crippen LogP contribution is 2.27. The first-order chi connectivity index (χ1) is 8.60. The van der Waals surface area contributed by atoms with Gasteiger partial charge in [-0.25, -0.2) is 14.5 Å². The second kappa shape index (κ2) is 4.96. The predicted octanol–water partition coefficient (Wildman–Crippen LogP) is 1.33. The number of nitrogens with zero attached hydrogens (tertiary/aromatic N) is 1. The molecular formula is C12H19NO5. The molecule has 0 spiro atoms. The molecule has 1 fully saturated rings. The molecule has 1 rings (SSSR count). The van der Waals surface area contributed by atoms with Crippen LogP contribution in [0.15, 0.2) is 0 Å². The van der Waals surface area contributed by atoms with Crippen molar-refractivity contribution in [2.75, 3.05) is 7.11 Å². The lowest BCUT2D eigenvalue weighted by Gasteiger charge is -2.26. The molecule has 1 aliphatic rings. The second-order valence-corrected chi connectivity index (χ2v) is 5.14. The van der Waals surface area contributed by atoms with Crippen molar-refractivity contribution in [3.8, 4) is 0 Å². The number of amides is 2. The molecule has 0 radical (unpaired) electrons. The van der Waals surface area contributed by atoms with E-state index in [4.69, 9.17) is 6.11 Å². The van der Waals surface area contributed by atoms with Gasteiger partial charge in [-0.2, -0.15) is 0 Å². The number of hydrogen-bond acceptors (Lipinski definition) is 5. The molecule has 0 bridgehead atoms. The monoisotopic (exact) mass is 258 g/mol. The van der Waals surface area contributed by atoms with Gasteiger partial charge in [0.05, 0.1) is 7.11 Å². The molecule has 1 heterocycles. The maximum Gasteiger partial charge on any atom is 0.417 e. The molecule has 0 aromatic carbocycles. The lowest BCUT2D eigenvalue weighted by atomic mass is 10.1. The van der Waals surface area contributed by atoms with Crippen LogP contribution >= 0.6 is 0 Å². The number of rotatable bonds is 1. The Hall–Kier alpha value is -1.59. The van der Waals surface area contributed by atoms with Gasteiger partial charge < -0.3 is 9.47 Å². The van der Waals surface area contributed by atoms with E-state index in [1.54, 1.807) is 20.8 Å². The lowest BCUT2D eigenvalue weighted by molar-refractivity contribution is -0.148. The number of hydrogen-bond donors (Lipinski definition) is 0. The normalized spacial score (nSPS) is 28.9. The molecule has 2 amide bonds. The minimum atomic E-state index is -1.25. The summed E-state index contributed by atoms with van der Waals surface area (Å²) in [6.07, 6.45) is -1.97. The number of esters is 1. The summed E-state index contributed by atoms with van der Waals surface area (Å²) < 4.78 is 17.5. The maximum atomic E-state index is 12.0. The molecule has 18 heavy (non-hydrogen) atoms. The first kappa shape index (κ1) is 12.9. The van der Waals surface area contributed by atoms with E-state index in [-0.39, 0.29) is 0 Å². The number of imide groups is 1. The van der Waals surface area contributed by atoms with E-state index in [1.807, 2.05) is 0 Å². The van der Waals surface area contributed by atoms with Crippen molar-refractivity contribution >= 4 is 18.0 Å². The molecule has 0 saturated carbocycles. The summed E-state index contributed by atoms with van der Waals surface area (Å²) in [4.78, 5) is 36.3. The fourth-order valence-electron chi connectivity index (χ4n) is 1.62. The Labute approximate surface area is 108 Å². The summed E-state index contributed by atoms with van der Waals surface area (Å²) in [6, 6.07) is -1.25. The van der Waals surface area contributed by atoms with Gasteiger partial charge in [-0.1, -0.05) is 6.92 Å². The minimum Gasteiger partial charge on any atom is -0.467 e. The standard InChI is InChI=1S/C12H19NO5/c1-7-6-8(10(15)17-5)13(9(7)14)11(16)18-12(2,3)4/h7-8H,6H2,1-5H3/t7?,8-/m0/s1/i6D/t6-,7?,8+/m1. The summed E-state index contributed by atoms with van der Waals surface area (Å²) in [6.45, 7) is 6.46. The number of likely N-dealkylation sites (tertiary alicyclic amines) is 1. The molecule has 0 aliphatic carbocycles. The Morgan fingerprint density at radius 1 is 1.44 bits per heavy atom. The quantitative estimate of drug-likeness (QED) is 0.663. The zero-order valence-corrected chi connectivity index (χ0v) is 11.2. The third kappa shape index (κ3) is 3.00. The summed E-state index contributed by atoms with van der Waals surface area (Å²) in [5.74, 6) is -2.13. The highest BCUT2D eigenvalue weighted by molar-refractivity contribution is 6.00. The number of methoxy groups -OCH3 is 1. The van der Waals surface area contributed by atoms with Gasteiger partial charge in [-0.3, -0.25) is 4.79 Å². The number of ether oxygens (including phenoxy) is 2. The summed E-state index contributed by atoms with van der Waals surface area (Å²) >= 11 is 0. The van der Waals surface area contributed by atoms with Crippen LogP contribution in [0.1, 0.15) is 35.5 Å². The van der Waals surface area contributed by atoms with Crippen LogP contribution in [0.4, 0.5) is 4.79 Å². The van der Waals surface area contributed by atoms with Gasteiger partial charge in [0.25, 0.3) is 0 Å². The van der Waals surface area contributed by atoms with Gasteiger partial charge in [0, 0.05) is 7.29 Å². The molecule has 1 saturated heterocycles. The molecular weight excluding hydrogens is 238 g/mol. The largest absolute Gasteiger partial charge is 0.467 e. The van der Waals surface area contributed by atoms with Crippen molar-refractivity contribution < 1.29 is 25.2 Å². The van der Waals surface area contributed by atoms with E-state index in [0.717, 1.165) is 7.11 Å². The van der Waals surface area contributed by atoms with Crippen molar-refractivity contribution in [2.24, 2.45) is 5.92 Å². The van der Waals surface area contributed by atoms with E-state index < -0.39 is 41.9 Å².